The number of piperazine rings is 1. The van der Waals surface area contributed by atoms with E-state index in [4.69, 9.17) is 10.8 Å². The summed E-state index contributed by atoms with van der Waals surface area (Å²) < 4.78 is 15.6. The summed E-state index contributed by atoms with van der Waals surface area (Å²) in [4.78, 5) is 19.5. The fraction of sp³-hybridized carbons (Fsp3) is 0.294. The number of halogens is 1. The SMILES string of the molecule is N[C@H](C(=O)O)N1CCN(c2nc3cc(F)ccc3n3cccc23)CC1. The predicted molar refractivity (Wildman–Crippen MR) is 92.1 cm³/mol. The number of rotatable bonds is 3. The van der Waals surface area contributed by atoms with Crippen molar-refractivity contribution < 1.29 is 14.3 Å². The Hall–Kier alpha value is -2.71. The van der Waals surface area contributed by atoms with Crippen molar-refractivity contribution in [3.8, 4) is 0 Å². The fourth-order valence-electron chi connectivity index (χ4n) is 3.34. The molecule has 2 aromatic heterocycles. The van der Waals surface area contributed by atoms with Crippen molar-refractivity contribution in [2.24, 2.45) is 5.73 Å². The first-order valence-electron chi connectivity index (χ1n) is 8.08. The predicted octanol–water partition coefficient (Wildman–Crippen LogP) is 1.12. The van der Waals surface area contributed by atoms with Gasteiger partial charge in [-0.25, -0.2) is 14.2 Å². The minimum atomic E-state index is -1.03. The molecule has 3 heterocycles. The van der Waals surface area contributed by atoms with Crippen molar-refractivity contribution in [1.29, 1.82) is 0 Å². The van der Waals surface area contributed by atoms with Crippen molar-refractivity contribution in [2.75, 3.05) is 31.1 Å². The van der Waals surface area contributed by atoms with Gasteiger partial charge in [-0.3, -0.25) is 4.90 Å². The quantitative estimate of drug-likeness (QED) is 0.741. The highest BCUT2D eigenvalue weighted by molar-refractivity contribution is 5.85. The zero-order valence-electron chi connectivity index (χ0n) is 13.5. The molecule has 8 heteroatoms. The first-order chi connectivity index (χ1) is 12.0. The third-order valence-electron chi connectivity index (χ3n) is 4.66. The number of fused-ring (bicyclic) bond motifs is 3. The third kappa shape index (κ3) is 2.69. The van der Waals surface area contributed by atoms with Crippen molar-refractivity contribution in [1.82, 2.24) is 14.3 Å². The van der Waals surface area contributed by atoms with Gasteiger partial charge in [0, 0.05) is 38.4 Å². The second-order valence-electron chi connectivity index (χ2n) is 6.14. The van der Waals surface area contributed by atoms with E-state index in [1.807, 2.05) is 22.7 Å². The van der Waals surface area contributed by atoms with E-state index < -0.39 is 12.1 Å². The molecular weight excluding hydrogens is 325 g/mol. The number of aromatic nitrogens is 2. The standard InChI is InChI=1S/C17H18FN5O2/c18-11-3-4-13-12(10-11)20-16(14-2-1-5-23(13)14)22-8-6-21(7-9-22)15(19)17(24)25/h1-5,10,15H,6-9,19H2,(H,24,25)/t15-/m0/s1. The van der Waals surface area contributed by atoms with Crippen LogP contribution in [0, 0.1) is 5.82 Å². The number of benzene rings is 1. The van der Waals surface area contributed by atoms with Crippen LogP contribution in [0.3, 0.4) is 0 Å². The molecule has 0 radical (unpaired) electrons. The first-order valence-corrected chi connectivity index (χ1v) is 8.08. The average Bonchev–Trinajstić information content (AvgIpc) is 3.10. The Balaban J connectivity index is 1.69. The highest BCUT2D eigenvalue weighted by Crippen LogP contribution is 2.26. The second-order valence-corrected chi connectivity index (χ2v) is 6.14. The van der Waals surface area contributed by atoms with Crippen molar-refractivity contribution in [3.05, 3.63) is 42.3 Å². The molecule has 25 heavy (non-hydrogen) atoms. The molecule has 0 unspecified atom stereocenters. The zero-order valence-corrected chi connectivity index (χ0v) is 13.5. The van der Waals surface area contributed by atoms with Gasteiger partial charge in [0.1, 0.15) is 5.82 Å². The topological polar surface area (TPSA) is 87.1 Å². The van der Waals surface area contributed by atoms with Crippen LogP contribution in [0.25, 0.3) is 16.6 Å². The number of carboxylic acids is 1. The van der Waals surface area contributed by atoms with Crippen LogP contribution < -0.4 is 10.6 Å². The van der Waals surface area contributed by atoms with E-state index >= 15 is 0 Å². The Bertz CT molecular complexity index is 949. The van der Waals surface area contributed by atoms with E-state index in [0.717, 1.165) is 16.9 Å². The van der Waals surface area contributed by atoms with E-state index in [2.05, 4.69) is 9.88 Å². The normalized spacial score (nSPS) is 17.3. The lowest BCUT2D eigenvalue weighted by atomic mass is 10.2. The molecule has 3 N–H and O–H groups in total. The lowest BCUT2D eigenvalue weighted by Crippen LogP contribution is -2.56. The summed E-state index contributed by atoms with van der Waals surface area (Å²) in [6.45, 7) is 2.28. The van der Waals surface area contributed by atoms with Crippen LogP contribution in [0.1, 0.15) is 0 Å². The van der Waals surface area contributed by atoms with Crippen LogP contribution in [0.2, 0.25) is 0 Å². The molecule has 0 amide bonds. The molecule has 0 aliphatic carbocycles. The molecular formula is C17H18FN5O2. The molecule has 7 nitrogen and oxygen atoms in total. The summed E-state index contributed by atoms with van der Waals surface area (Å²) in [5, 5.41) is 9.04. The number of carboxylic acid groups (broad SMARTS) is 1. The maximum absolute atomic E-state index is 13.6. The van der Waals surface area contributed by atoms with Crippen LogP contribution in [0.4, 0.5) is 10.2 Å². The zero-order chi connectivity index (χ0) is 17.6. The Morgan fingerprint density at radius 3 is 2.68 bits per heavy atom. The number of hydrogen-bond acceptors (Lipinski definition) is 5. The Labute approximate surface area is 143 Å². The van der Waals surface area contributed by atoms with Gasteiger partial charge in [0.15, 0.2) is 12.0 Å². The summed E-state index contributed by atoms with van der Waals surface area (Å²) in [5.74, 6) is -0.580. The molecule has 1 aromatic carbocycles. The van der Waals surface area contributed by atoms with Crippen LogP contribution >= 0.6 is 0 Å². The summed E-state index contributed by atoms with van der Waals surface area (Å²) in [6, 6.07) is 8.47. The lowest BCUT2D eigenvalue weighted by Gasteiger charge is -2.37. The minimum Gasteiger partial charge on any atom is -0.479 e. The van der Waals surface area contributed by atoms with E-state index in [1.54, 1.807) is 11.0 Å². The molecule has 1 aliphatic heterocycles. The average molecular weight is 343 g/mol. The van der Waals surface area contributed by atoms with Crippen molar-refractivity contribution in [3.63, 3.8) is 0 Å². The van der Waals surface area contributed by atoms with Gasteiger partial charge >= 0.3 is 5.97 Å². The molecule has 0 bridgehead atoms. The molecule has 0 saturated carbocycles. The maximum Gasteiger partial charge on any atom is 0.335 e. The van der Waals surface area contributed by atoms with Crippen LogP contribution in [-0.2, 0) is 4.79 Å². The van der Waals surface area contributed by atoms with Gasteiger partial charge in [0.2, 0.25) is 0 Å². The van der Waals surface area contributed by atoms with Gasteiger partial charge in [-0.15, -0.1) is 0 Å². The van der Waals surface area contributed by atoms with Gasteiger partial charge < -0.3 is 20.1 Å². The molecule has 1 fully saturated rings. The molecule has 1 saturated heterocycles. The van der Waals surface area contributed by atoms with Gasteiger partial charge in [0.25, 0.3) is 0 Å². The number of nitrogens with zero attached hydrogens (tertiary/aromatic N) is 4. The van der Waals surface area contributed by atoms with Gasteiger partial charge in [-0.1, -0.05) is 0 Å². The largest absolute Gasteiger partial charge is 0.479 e. The Morgan fingerprint density at radius 2 is 1.96 bits per heavy atom. The summed E-state index contributed by atoms with van der Waals surface area (Å²) >= 11 is 0. The Morgan fingerprint density at radius 1 is 1.20 bits per heavy atom. The molecule has 1 aliphatic rings. The van der Waals surface area contributed by atoms with Gasteiger partial charge in [-0.05, 0) is 24.3 Å². The molecule has 130 valence electrons. The highest BCUT2D eigenvalue weighted by atomic mass is 19.1. The van der Waals surface area contributed by atoms with Gasteiger partial charge in [0.05, 0.1) is 16.6 Å². The van der Waals surface area contributed by atoms with E-state index in [1.165, 1.54) is 12.1 Å². The third-order valence-corrected chi connectivity index (χ3v) is 4.66. The molecule has 3 aromatic rings. The van der Waals surface area contributed by atoms with Crippen LogP contribution in [0.5, 0.6) is 0 Å². The van der Waals surface area contributed by atoms with Crippen LogP contribution in [-0.4, -0.2) is 57.7 Å². The monoisotopic (exact) mass is 343 g/mol. The van der Waals surface area contributed by atoms with Crippen molar-refractivity contribution >= 4 is 28.3 Å². The fourth-order valence-corrected chi connectivity index (χ4v) is 3.34. The van der Waals surface area contributed by atoms with E-state index in [-0.39, 0.29) is 5.82 Å². The highest BCUT2D eigenvalue weighted by Gasteiger charge is 2.27. The van der Waals surface area contributed by atoms with Crippen LogP contribution in [0.15, 0.2) is 36.5 Å². The summed E-state index contributed by atoms with van der Waals surface area (Å²) in [5.41, 5.74) is 8.06. The molecule has 0 spiro atoms. The van der Waals surface area contributed by atoms with E-state index in [9.17, 15) is 9.18 Å². The van der Waals surface area contributed by atoms with E-state index in [0.29, 0.717) is 31.7 Å². The number of anilines is 1. The lowest BCUT2D eigenvalue weighted by molar-refractivity contribution is -0.143. The van der Waals surface area contributed by atoms with Crippen molar-refractivity contribution in [2.45, 2.75) is 6.17 Å². The number of aliphatic carboxylic acids is 1. The van der Waals surface area contributed by atoms with Gasteiger partial charge in [-0.2, -0.15) is 0 Å². The smallest absolute Gasteiger partial charge is 0.335 e. The number of carbonyl (C=O) groups is 1. The minimum absolute atomic E-state index is 0.324. The first kappa shape index (κ1) is 15.8. The molecule has 4 rings (SSSR count). The summed E-state index contributed by atoms with van der Waals surface area (Å²) in [6.07, 6.45) is 0.936. The number of hydrogen-bond donors (Lipinski definition) is 2. The molecule has 1 atom stereocenters. The Kier molecular flexibility index (Phi) is 3.78. The maximum atomic E-state index is 13.6. The summed E-state index contributed by atoms with van der Waals surface area (Å²) in [7, 11) is 0. The second kappa shape index (κ2) is 5.98. The number of nitrogens with two attached hydrogens (primary N) is 1.